The number of hydrogen-bond donors (Lipinski definition) is 0. The highest BCUT2D eigenvalue weighted by molar-refractivity contribution is 5.92. The van der Waals surface area contributed by atoms with Crippen LogP contribution in [-0.2, 0) is 19.0 Å². The van der Waals surface area contributed by atoms with Crippen LogP contribution in [0.25, 0.3) is 0 Å². The molecule has 1 heterocycles. The third kappa shape index (κ3) is 1.96. The van der Waals surface area contributed by atoms with Gasteiger partial charge in [0.25, 0.3) is 0 Å². The fraction of sp³-hybridized carbons (Fsp3) is 0.700. The van der Waals surface area contributed by atoms with E-state index in [9.17, 15) is 4.79 Å². The monoisotopic (exact) mass is 200 g/mol. The lowest BCUT2D eigenvalue weighted by Crippen LogP contribution is -2.49. The van der Waals surface area contributed by atoms with Gasteiger partial charge >= 0.3 is 5.97 Å². The maximum Gasteiger partial charge on any atom is 0.336 e. The molecule has 0 aromatic carbocycles. The van der Waals surface area contributed by atoms with E-state index in [1.165, 1.54) is 12.3 Å². The van der Waals surface area contributed by atoms with Crippen molar-refractivity contribution < 1.29 is 19.0 Å². The molecule has 0 aromatic rings. The van der Waals surface area contributed by atoms with E-state index in [1.54, 1.807) is 6.92 Å². The summed E-state index contributed by atoms with van der Waals surface area (Å²) in [4.78, 5) is 11.4. The molecule has 0 spiro atoms. The van der Waals surface area contributed by atoms with Crippen LogP contribution < -0.4 is 0 Å². The molecule has 1 aliphatic rings. The fourth-order valence-corrected chi connectivity index (χ4v) is 1.38. The van der Waals surface area contributed by atoms with Crippen molar-refractivity contribution in [3.63, 3.8) is 0 Å². The molecule has 14 heavy (non-hydrogen) atoms. The Labute approximate surface area is 83.8 Å². The van der Waals surface area contributed by atoms with Crippen LogP contribution in [0.5, 0.6) is 0 Å². The second-order valence-corrected chi connectivity index (χ2v) is 3.01. The minimum Gasteiger partial charge on any atom is -0.446 e. The summed E-state index contributed by atoms with van der Waals surface area (Å²) in [5.74, 6) is -1.71. The van der Waals surface area contributed by atoms with E-state index >= 15 is 0 Å². The van der Waals surface area contributed by atoms with E-state index in [0.29, 0.717) is 13.2 Å². The van der Waals surface area contributed by atoms with Crippen LogP contribution in [0, 0.1) is 5.92 Å². The van der Waals surface area contributed by atoms with Crippen LogP contribution in [-0.4, -0.2) is 25.0 Å². The minimum atomic E-state index is -1.23. The fourth-order valence-electron chi connectivity index (χ4n) is 1.38. The van der Waals surface area contributed by atoms with Crippen LogP contribution in [0.2, 0.25) is 0 Å². The van der Waals surface area contributed by atoms with Gasteiger partial charge in [-0.1, -0.05) is 0 Å². The molecule has 0 saturated heterocycles. The highest BCUT2D eigenvalue weighted by Crippen LogP contribution is 2.30. The van der Waals surface area contributed by atoms with Gasteiger partial charge in [0.15, 0.2) is 5.78 Å². The lowest BCUT2D eigenvalue weighted by atomic mass is 10.0. The summed E-state index contributed by atoms with van der Waals surface area (Å²) in [6.07, 6.45) is 2.72. The summed E-state index contributed by atoms with van der Waals surface area (Å²) in [7, 11) is 0. The zero-order valence-corrected chi connectivity index (χ0v) is 8.78. The third-order valence-electron chi connectivity index (χ3n) is 2.11. The molecule has 4 heteroatoms. The van der Waals surface area contributed by atoms with Gasteiger partial charge in [-0.2, -0.15) is 0 Å². The predicted octanol–water partition coefficient (Wildman–Crippen LogP) is 1.46. The number of ether oxygens (including phenoxy) is 3. The van der Waals surface area contributed by atoms with Gasteiger partial charge in [0, 0.05) is 6.08 Å². The van der Waals surface area contributed by atoms with Gasteiger partial charge in [-0.05, 0) is 20.8 Å². The second-order valence-electron chi connectivity index (χ2n) is 3.01. The number of rotatable bonds is 4. The average molecular weight is 200 g/mol. The van der Waals surface area contributed by atoms with Crippen LogP contribution in [0.4, 0.5) is 0 Å². The molecule has 0 radical (unpaired) electrons. The van der Waals surface area contributed by atoms with Crippen molar-refractivity contribution in [3.05, 3.63) is 12.3 Å². The predicted molar refractivity (Wildman–Crippen MR) is 50.4 cm³/mol. The van der Waals surface area contributed by atoms with Gasteiger partial charge in [0.1, 0.15) is 5.92 Å². The van der Waals surface area contributed by atoms with Gasteiger partial charge in [-0.3, -0.25) is 4.79 Å². The molecular weight excluding hydrogens is 184 g/mol. The molecule has 1 rings (SSSR count). The van der Waals surface area contributed by atoms with Crippen molar-refractivity contribution in [2.24, 2.45) is 5.92 Å². The molecular formula is C10H16O4. The molecule has 1 unspecified atom stereocenters. The van der Waals surface area contributed by atoms with E-state index in [2.05, 4.69) is 0 Å². The largest absolute Gasteiger partial charge is 0.446 e. The Bertz CT molecular complexity index is 228. The molecule has 1 atom stereocenters. The smallest absolute Gasteiger partial charge is 0.336 e. The molecule has 0 aliphatic carbocycles. The molecule has 0 saturated carbocycles. The summed E-state index contributed by atoms with van der Waals surface area (Å²) in [6.45, 7) is 6.27. The Kier molecular flexibility index (Phi) is 3.66. The molecule has 0 amide bonds. The van der Waals surface area contributed by atoms with Crippen LogP contribution >= 0.6 is 0 Å². The molecule has 0 fully saturated rings. The lowest BCUT2D eigenvalue weighted by Gasteiger charge is -2.37. The summed E-state index contributed by atoms with van der Waals surface area (Å²) in [5.41, 5.74) is 0. The molecule has 0 aromatic heterocycles. The summed E-state index contributed by atoms with van der Waals surface area (Å²) in [5, 5.41) is 0. The van der Waals surface area contributed by atoms with Gasteiger partial charge < -0.3 is 14.2 Å². The molecule has 4 nitrogen and oxygen atoms in total. The van der Waals surface area contributed by atoms with E-state index in [-0.39, 0.29) is 5.78 Å². The van der Waals surface area contributed by atoms with Crippen LogP contribution in [0.3, 0.4) is 0 Å². The number of allylic oxidation sites excluding steroid dienone is 1. The number of carbonyl (C=O) groups is 1. The summed E-state index contributed by atoms with van der Waals surface area (Å²) < 4.78 is 16.0. The van der Waals surface area contributed by atoms with Gasteiger partial charge in [0.05, 0.1) is 19.5 Å². The van der Waals surface area contributed by atoms with Crippen LogP contribution in [0.1, 0.15) is 20.8 Å². The zero-order chi connectivity index (χ0) is 10.6. The zero-order valence-electron chi connectivity index (χ0n) is 8.78. The highest BCUT2D eigenvalue weighted by Gasteiger charge is 2.45. The Morgan fingerprint density at radius 3 is 2.50 bits per heavy atom. The maximum absolute atomic E-state index is 11.4. The number of hydrogen-bond acceptors (Lipinski definition) is 4. The van der Waals surface area contributed by atoms with Crippen molar-refractivity contribution in [1.82, 2.24) is 0 Å². The Morgan fingerprint density at radius 1 is 1.43 bits per heavy atom. The van der Waals surface area contributed by atoms with Gasteiger partial charge in [-0.25, -0.2) is 0 Å². The molecule has 0 bridgehead atoms. The van der Waals surface area contributed by atoms with Crippen molar-refractivity contribution in [1.29, 1.82) is 0 Å². The SMILES string of the molecule is CCOC1(OCC)OC=CC(=O)C1C. The van der Waals surface area contributed by atoms with Crippen molar-refractivity contribution >= 4 is 5.78 Å². The molecule has 80 valence electrons. The standard InChI is InChI=1S/C10H16O4/c1-4-12-10(13-5-2)8(3)9(11)6-7-14-10/h6-8H,4-5H2,1-3H3. The van der Waals surface area contributed by atoms with E-state index in [1.807, 2.05) is 13.8 Å². The molecule has 0 N–H and O–H groups in total. The Balaban J connectivity index is 2.84. The quantitative estimate of drug-likeness (QED) is 0.644. The number of carbonyl (C=O) groups excluding carboxylic acids is 1. The third-order valence-corrected chi connectivity index (χ3v) is 2.11. The Hall–Kier alpha value is -0.870. The van der Waals surface area contributed by atoms with E-state index in [4.69, 9.17) is 14.2 Å². The van der Waals surface area contributed by atoms with Gasteiger partial charge in [0.2, 0.25) is 0 Å². The second kappa shape index (κ2) is 4.57. The van der Waals surface area contributed by atoms with E-state index in [0.717, 1.165) is 0 Å². The average Bonchev–Trinajstić information content (AvgIpc) is 2.15. The first-order chi connectivity index (χ1) is 6.66. The summed E-state index contributed by atoms with van der Waals surface area (Å²) >= 11 is 0. The van der Waals surface area contributed by atoms with Gasteiger partial charge in [-0.15, -0.1) is 0 Å². The normalized spacial score (nSPS) is 24.8. The first kappa shape index (κ1) is 11.2. The topological polar surface area (TPSA) is 44.8 Å². The highest BCUT2D eigenvalue weighted by atomic mass is 16.9. The van der Waals surface area contributed by atoms with Crippen LogP contribution in [0.15, 0.2) is 12.3 Å². The maximum atomic E-state index is 11.4. The first-order valence-corrected chi connectivity index (χ1v) is 4.82. The number of ketones is 1. The Morgan fingerprint density at radius 2 is 2.00 bits per heavy atom. The van der Waals surface area contributed by atoms with Crippen molar-refractivity contribution in [3.8, 4) is 0 Å². The van der Waals surface area contributed by atoms with Crippen molar-refractivity contribution in [2.75, 3.05) is 13.2 Å². The first-order valence-electron chi connectivity index (χ1n) is 4.82. The molecule has 1 aliphatic heterocycles. The van der Waals surface area contributed by atoms with E-state index < -0.39 is 11.9 Å². The summed E-state index contributed by atoms with van der Waals surface area (Å²) in [6, 6.07) is 0. The minimum absolute atomic E-state index is 0.0434. The van der Waals surface area contributed by atoms with Crippen molar-refractivity contribution in [2.45, 2.75) is 26.7 Å². The lowest BCUT2D eigenvalue weighted by molar-refractivity contribution is -0.377.